The molecule has 2 amide bonds. The number of carbonyl (C=O) groups is 2. The molecule has 0 fully saturated rings. The Balaban J connectivity index is 1.77. The minimum absolute atomic E-state index is 0.164. The second-order valence-corrected chi connectivity index (χ2v) is 6.32. The normalized spacial score (nSPS) is 10.3. The summed E-state index contributed by atoms with van der Waals surface area (Å²) >= 11 is 0. The molecule has 0 aliphatic rings. The van der Waals surface area contributed by atoms with Crippen LogP contribution in [0.3, 0.4) is 0 Å². The minimum Gasteiger partial charge on any atom is -0.497 e. The number of hydrogen-bond donors (Lipinski definition) is 2. The number of hydrogen-bond acceptors (Lipinski definition) is 5. The molecule has 7 nitrogen and oxygen atoms in total. The Morgan fingerprint density at radius 1 is 0.897 bits per heavy atom. The van der Waals surface area contributed by atoms with Gasteiger partial charge in [-0.3, -0.25) is 9.59 Å². The fourth-order valence-electron chi connectivity index (χ4n) is 2.61. The molecule has 2 rings (SSSR count). The van der Waals surface area contributed by atoms with Crippen molar-refractivity contribution in [2.24, 2.45) is 0 Å². The van der Waals surface area contributed by atoms with Gasteiger partial charge in [-0.1, -0.05) is 12.1 Å². The first-order valence-electron chi connectivity index (χ1n) is 9.57. The van der Waals surface area contributed by atoms with Crippen molar-refractivity contribution in [3.63, 3.8) is 0 Å². The number of carbonyl (C=O) groups excluding carboxylic acids is 2. The van der Waals surface area contributed by atoms with Crippen LogP contribution in [-0.4, -0.2) is 45.8 Å². The minimum atomic E-state index is -0.222. The third-order valence-corrected chi connectivity index (χ3v) is 4.13. The van der Waals surface area contributed by atoms with Crippen LogP contribution in [0.5, 0.6) is 11.5 Å². The summed E-state index contributed by atoms with van der Waals surface area (Å²) in [4.78, 5) is 24.6. The first-order valence-corrected chi connectivity index (χ1v) is 9.57. The predicted octanol–water partition coefficient (Wildman–Crippen LogP) is 3.26. The third-order valence-electron chi connectivity index (χ3n) is 4.13. The van der Waals surface area contributed by atoms with E-state index in [1.165, 1.54) is 0 Å². The molecule has 0 saturated heterocycles. The highest BCUT2D eigenvalue weighted by molar-refractivity contribution is 6.03. The van der Waals surface area contributed by atoms with E-state index in [0.717, 1.165) is 17.9 Å². The molecule has 7 heteroatoms. The van der Waals surface area contributed by atoms with Crippen LogP contribution in [0.25, 0.3) is 0 Å². The molecule has 0 bridgehead atoms. The highest BCUT2D eigenvalue weighted by Crippen LogP contribution is 2.18. The number of nitrogens with one attached hydrogen (secondary N) is 2. The van der Waals surface area contributed by atoms with Crippen LogP contribution in [0.15, 0.2) is 48.5 Å². The largest absolute Gasteiger partial charge is 0.497 e. The number of para-hydroxylation sites is 1. The molecule has 0 aliphatic heterocycles. The summed E-state index contributed by atoms with van der Waals surface area (Å²) in [5, 5.41) is 5.64. The fourth-order valence-corrected chi connectivity index (χ4v) is 2.61. The van der Waals surface area contributed by atoms with Crippen LogP contribution in [0.1, 0.15) is 29.6 Å². The molecular formula is C22H28N2O5. The van der Waals surface area contributed by atoms with Crippen LogP contribution in [-0.2, 0) is 9.53 Å². The number of ether oxygens (including phenoxy) is 3. The predicted molar refractivity (Wildman–Crippen MR) is 112 cm³/mol. The summed E-state index contributed by atoms with van der Waals surface area (Å²) in [6.45, 7) is 1.51. The van der Waals surface area contributed by atoms with E-state index < -0.39 is 0 Å². The first-order chi connectivity index (χ1) is 14.1. The average Bonchev–Trinajstić information content (AvgIpc) is 2.75. The van der Waals surface area contributed by atoms with Gasteiger partial charge in [0.25, 0.3) is 5.91 Å². The lowest BCUT2D eigenvalue weighted by Gasteiger charge is -2.12. The van der Waals surface area contributed by atoms with E-state index in [0.29, 0.717) is 43.9 Å². The lowest BCUT2D eigenvalue weighted by molar-refractivity contribution is -0.116. The van der Waals surface area contributed by atoms with Crippen molar-refractivity contribution in [3.8, 4) is 11.5 Å². The Hall–Kier alpha value is -3.06. The lowest BCUT2D eigenvalue weighted by atomic mass is 10.1. The molecule has 2 aromatic rings. The van der Waals surface area contributed by atoms with E-state index in [1.54, 1.807) is 38.5 Å². The standard InChI is InChI=1S/C22H28N2O5/c1-27-15-6-14-23-22(26)19-7-3-4-8-20(19)24-21(25)9-5-16-29-18-12-10-17(28-2)11-13-18/h3-4,7-8,10-13H,5-6,9,14-16H2,1-2H3,(H,23,26)(H,24,25). The Kier molecular flexibility index (Phi) is 9.51. The zero-order chi connectivity index (χ0) is 20.9. The molecule has 2 aromatic carbocycles. The number of benzene rings is 2. The quantitative estimate of drug-likeness (QED) is 0.534. The summed E-state index contributed by atoms with van der Waals surface area (Å²) in [5.41, 5.74) is 0.936. The highest BCUT2D eigenvalue weighted by atomic mass is 16.5. The molecule has 0 atom stereocenters. The van der Waals surface area contributed by atoms with E-state index in [4.69, 9.17) is 14.2 Å². The molecule has 29 heavy (non-hydrogen) atoms. The van der Waals surface area contributed by atoms with Crippen molar-refractivity contribution >= 4 is 17.5 Å². The monoisotopic (exact) mass is 400 g/mol. The van der Waals surface area contributed by atoms with Crippen LogP contribution >= 0.6 is 0 Å². The van der Waals surface area contributed by atoms with Gasteiger partial charge < -0.3 is 24.8 Å². The van der Waals surface area contributed by atoms with Gasteiger partial charge in [-0.2, -0.15) is 0 Å². The Bertz CT molecular complexity index is 777. The zero-order valence-electron chi connectivity index (χ0n) is 16.9. The highest BCUT2D eigenvalue weighted by Gasteiger charge is 2.12. The zero-order valence-corrected chi connectivity index (χ0v) is 16.9. The molecule has 2 N–H and O–H groups in total. The molecule has 156 valence electrons. The second kappa shape index (κ2) is 12.4. The summed E-state index contributed by atoms with van der Waals surface area (Å²) in [6, 6.07) is 14.2. The van der Waals surface area contributed by atoms with E-state index in [2.05, 4.69) is 10.6 Å². The number of rotatable bonds is 12. The molecule has 0 aliphatic carbocycles. The van der Waals surface area contributed by atoms with E-state index in [-0.39, 0.29) is 11.8 Å². The van der Waals surface area contributed by atoms with Crippen LogP contribution < -0.4 is 20.1 Å². The van der Waals surface area contributed by atoms with Crippen LogP contribution in [0.2, 0.25) is 0 Å². The fraction of sp³-hybridized carbons (Fsp3) is 0.364. The molecule has 0 radical (unpaired) electrons. The third kappa shape index (κ3) is 7.83. The van der Waals surface area contributed by atoms with E-state index in [1.807, 2.05) is 24.3 Å². The maximum absolute atomic E-state index is 12.3. The van der Waals surface area contributed by atoms with E-state index in [9.17, 15) is 9.59 Å². The van der Waals surface area contributed by atoms with Crippen molar-refractivity contribution in [3.05, 3.63) is 54.1 Å². The van der Waals surface area contributed by atoms with Gasteiger partial charge >= 0.3 is 0 Å². The Morgan fingerprint density at radius 3 is 2.34 bits per heavy atom. The van der Waals surface area contributed by atoms with Crippen molar-refractivity contribution in [1.29, 1.82) is 0 Å². The van der Waals surface area contributed by atoms with Crippen molar-refractivity contribution < 1.29 is 23.8 Å². The van der Waals surface area contributed by atoms with Gasteiger partial charge in [0.1, 0.15) is 11.5 Å². The molecule has 0 aromatic heterocycles. The van der Waals surface area contributed by atoms with Crippen molar-refractivity contribution in [2.75, 3.05) is 39.3 Å². The molecule has 0 heterocycles. The topological polar surface area (TPSA) is 85.9 Å². The van der Waals surface area contributed by atoms with Gasteiger partial charge in [0.2, 0.25) is 5.91 Å². The van der Waals surface area contributed by atoms with Gasteiger partial charge in [0, 0.05) is 26.7 Å². The SMILES string of the molecule is COCCCNC(=O)c1ccccc1NC(=O)CCCOc1ccc(OC)cc1. The number of methoxy groups -OCH3 is 2. The summed E-state index contributed by atoms with van der Waals surface area (Å²) < 4.78 is 15.7. The molecule has 0 spiro atoms. The van der Waals surface area contributed by atoms with Crippen molar-refractivity contribution in [1.82, 2.24) is 5.32 Å². The average molecular weight is 400 g/mol. The second-order valence-electron chi connectivity index (χ2n) is 6.32. The summed E-state index contributed by atoms with van der Waals surface area (Å²) in [5.74, 6) is 1.10. The van der Waals surface area contributed by atoms with Gasteiger partial charge in [-0.15, -0.1) is 0 Å². The maximum atomic E-state index is 12.3. The van der Waals surface area contributed by atoms with Crippen LogP contribution in [0, 0.1) is 0 Å². The lowest BCUT2D eigenvalue weighted by Crippen LogP contribution is -2.26. The number of amides is 2. The maximum Gasteiger partial charge on any atom is 0.253 e. The van der Waals surface area contributed by atoms with Gasteiger partial charge in [0.05, 0.1) is 25.0 Å². The van der Waals surface area contributed by atoms with Gasteiger partial charge in [-0.25, -0.2) is 0 Å². The molecule has 0 saturated carbocycles. The Morgan fingerprint density at radius 2 is 1.62 bits per heavy atom. The van der Waals surface area contributed by atoms with Gasteiger partial charge in [0.15, 0.2) is 0 Å². The Labute approximate surface area is 171 Å². The van der Waals surface area contributed by atoms with Crippen molar-refractivity contribution in [2.45, 2.75) is 19.3 Å². The first kappa shape index (κ1) is 22.2. The smallest absolute Gasteiger partial charge is 0.253 e. The summed E-state index contributed by atoms with van der Waals surface area (Å²) in [6.07, 6.45) is 1.58. The van der Waals surface area contributed by atoms with Crippen LogP contribution in [0.4, 0.5) is 5.69 Å². The number of anilines is 1. The molecular weight excluding hydrogens is 372 g/mol. The van der Waals surface area contributed by atoms with Gasteiger partial charge in [-0.05, 0) is 49.2 Å². The van der Waals surface area contributed by atoms with E-state index >= 15 is 0 Å². The summed E-state index contributed by atoms with van der Waals surface area (Å²) in [7, 11) is 3.23. The molecule has 0 unspecified atom stereocenters.